The van der Waals surface area contributed by atoms with Gasteiger partial charge in [0.05, 0.1) is 11.4 Å². The molecule has 3 heteroatoms. The van der Waals surface area contributed by atoms with Gasteiger partial charge >= 0.3 is 0 Å². The van der Waals surface area contributed by atoms with Crippen LogP contribution in [0, 0.1) is 0 Å². The third-order valence-electron chi connectivity index (χ3n) is 4.79. The quantitative estimate of drug-likeness (QED) is 0.936. The van der Waals surface area contributed by atoms with E-state index in [1.54, 1.807) is 0 Å². The van der Waals surface area contributed by atoms with Crippen molar-refractivity contribution in [2.24, 2.45) is 0 Å². The van der Waals surface area contributed by atoms with Crippen LogP contribution in [0.2, 0.25) is 0 Å². The summed E-state index contributed by atoms with van der Waals surface area (Å²) in [6.45, 7) is 5.50. The molecule has 0 unspecified atom stereocenters. The van der Waals surface area contributed by atoms with E-state index < -0.39 is 0 Å². The maximum Gasteiger partial charge on any atom is 0.0603 e. The number of benzene rings is 2. The summed E-state index contributed by atoms with van der Waals surface area (Å²) in [6, 6.07) is 17.5. The Morgan fingerprint density at radius 1 is 0.818 bits per heavy atom. The van der Waals surface area contributed by atoms with E-state index in [0.717, 1.165) is 26.2 Å². The van der Waals surface area contributed by atoms with Gasteiger partial charge in [0.25, 0.3) is 0 Å². The van der Waals surface area contributed by atoms with Crippen LogP contribution in [-0.4, -0.2) is 32.7 Å². The van der Waals surface area contributed by atoms with Gasteiger partial charge in [-0.2, -0.15) is 0 Å². The molecule has 0 aromatic heterocycles. The van der Waals surface area contributed by atoms with Gasteiger partial charge in [0.15, 0.2) is 0 Å². The molecule has 114 valence electrons. The number of fused-ring (bicyclic) bond motifs is 2. The molecule has 2 heterocycles. The summed E-state index contributed by atoms with van der Waals surface area (Å²) in [6.07, 6.45) is 2.50. The second-order valence-corrected chi connectivity index (χ2v) is 6.15. The lowest BCUT2D eigenvalue weighted by Crippen LogP contribution is -2.41. The Balaban J connectivity index is 1.48. The van der Waals surface area contributed by atoms with E-state index in [9.17, 15) is 0 Å². The monoisotopic (exact) mass is 293 g/mol. The van der Waals surface area contributed by atoms with E-state index in [-0.39, 0.29) is 0 Å². The molecule has 22 heavy (non-hydrogen) atoms. The van der Waals surface area contributed by atoms with Crippen LogP contribution in [0.5, 0.6) is 0 Å². The molecule has 0 aliphatic carbocycles. The SMILES string of the molecule is c1ccc2c(c1)CCCN2CCN1CCNc2ccccc21. The van der Waals surface area contributed by atoms with Crippen molar-refractivity contribution in [1.29, 1.82) is 0 Å². The fraction of sp³-hybridized carbons (Fsp3) is 0.368. The average Bonchev–Trinajstić information content (AvgIpc) is 2.60. The van der Waals surface area contributed by atoms with Gasteiger partial charge in [0.2, 0.25) is 0 Å². The van der Waals surface area contributed by atoms with Crippen molar-refractivity contribution in [1.82, 2.24) is 0 Å². The lowest BCUT2D eigenvalue weighted by atomic mass is 10.0. The van der Waals surface area contributed by atoms with Crippen molar-refractivity contribution < 1.29 is 0 Å². The molecular formula is C19H23N3. The smallest absolute Gasteiger partial charge is 0.0603 e. The first-order valence-corrected chi connectivity index (χ1v) is 8.32. The normalized spacial score (nSPS) is 16.7. The first-order valence-electron chi connectivity index (χ1n) is 8.32. The van der Waals surface area contributed by atoms with Crippen LogP contribution in [0.3, 0.4) is 0 Å². The highest BCUT2D eigenvalue weighted by Gasteiger charge is 2.19. The van der Waals surface area contributed by atoms with E-state index in [2.05, 4.69) is 63.6 Å². The molecule has 0 radical (unpaired) electrons. The second-order valence-electron chi connectivity index (χ2n) is 6.15. The molecule has 4 rings (SSSR count). The fourth-order valence-corrected chi connectivity index (χ4v) is 3.66. The van der Waals surface area contributed by atoms with Gasteiger partial charge < -0.3 is 15.1 Å². The van der Waals surface area contributed by atoms with Crippen LogP contribution in [-0.2, 0) is 6.42 Å². The van der Waals surface area contributed by atoms with Gasteiger partial charge in [-0.05, 0) is 36.6 Å². The minimum Gasteiger partial charge on any atom is -0.382 e. The maximum absolute atomic E-state index is 3.49. The van der Waals surface area contributed by atoms with Gasteiger partial charge in [-0.15, -0.1) is 0 Å². The molecule has 0 atom stereocenters. The molecule has 0 bridgehead atoms. The lowest BCUT2D eigenvalue weighted by molar-refractivity contribution is 0.669. The van der Waals surface area contributed by atoms with Crippen LogP contribution >= 0.6 is 0 Å². The molecule has 2 aromatic rings. The van der Waals surface area contributed by atoms with Crippen LogP contribution in [0.4, 0.5) is 17.1 Å². The molecule has 2 aliphatic heterocycles. The molecular weight excluding hydrogens is 270 g/mol. The highest BCUT2D eigenvalue weighted by molar-refractivity contribution is 5.72. The fourth-order valence-electron chi connectivity index (χ4n) is 3.66. The zero-order valence-electron chi connectivity index (χ0n) is 13.0. The standard InChI is InChI=1S/C19H23N3/c1-3-9-18-16(6-1)7-5-12-21(18)14-15-22-13-11-20-17-8-2-4-10-19(17)22/h1-4,6,8-10,20H,5,7,11-15H2. The van der Waals surface area contributed by atoms with E-state index in [1.807, 2.05) is 0 Å². The highest BCUT2D eigenvalue weighted by Crippen LogP contribution is 2.29. The molecule has 3 nitrogen and oxygen atoms in total. The second kappa shape index (κ2) is 5.91. The lowest BCUT2D eigenvalue weighted by Gasteiger charge is -2.36. The number of hydrogen-bond acceptors (Lipinski definition) is 3. The largest absolute Gasteiger partial charge is 0.382 e. The van der Waals surface area contributed by atoms with Crippen molar-refractivity contribution >= 4 is 17.1 Å². The van der Waals surface area contributed by atoms with Crippen molar-refractivity contribution in [2.75, 3.05) is 47.8 Å². The minimum absolute atomic E-state index is 1.04. The van der Waals surface area contributed by atoms with Crippen molar-refractivity contribution in [3.05, 3.63) is 54.1 Å². The zero-order chi connectivity index (χ0) is 14.8. The van der Waals surface area contributed by atoms with Crippen molar-refractivity contribution in [3.8, 4) is 0 Å². The summed E-state index contributed by atoms with van der Waals surface area (Å²) < 4.78 is 0. The average molecular weight is 293 g/mol. The number of nitrogens with zero attached hydrogens (tertiary/aromatic N) is 2. The predicted octanol–water partition coefficient (Wildman–Crippen LogP) is 3.37. The number of para-hydroxylation sites is 3. The van der Waals surface area contributed by atoms with Crippen LogP contribution < -0.4 is 15.1 Å². The molecule has 0 saturated carbocycles. The molecule has 1 N–H and O–H groups in total. The third kappa shape index (κ3) is 2.52. The van der Waals surface area contributed by atoms with Gasteiger partial charge in [-0.25, -0.2) is 0 Å². The van der Waals surface area contributed by atoms with E-state index >= 15 is 0 Å². The van der Waals surface area contributed by atoms with Gasteiger partial charge in [0, 0.05) is 38.4 Å². The highest BCUT2D eigenvalue weighted by atomic mass is 15.2. The Hall–Kier alpha value is -2.16. The summed E-state index contributed by atoms with van der Waals surface area (Å²) in [5.74, 6) is 0. The molecule has 2 aromatic carbocycles. The van der Waals surface area contributed by atoms with Crippen molar-refractivity contribution in [2.45, 2.75) is 12.8 Å². The summed E-state index contributed by atoms with van der Waals surface area (Å²) in [7, 11) is 0. The van der Waals surface area contributed by atoms with Crippen LogP contribution in [0.15, 0.2) is 48.5 Å². The Morgan fingerprint density at radius 3 is 2.45 bits per heavy atom. The van der Waals surface area contributed by atoms with Crippen LogP contribution in [0.25, 0.3) is 0 Å². The zero-order valence-corrected chi connectivity index (χ0v) is 13.0. The van der Waals surface area contributed by atoms with Gasteiger partial charge in [-0.1, -0.05) is 30.3 Å². The number of rotatable bonds is 3. The molecule has 2 aliphatic rings. The topological polar surface area (TPSA) is 18.5 Å². The maximum atomic E-state index is 3.49. The predicted molar refractivity (Wildman–Crippen MR) is 94.1 cm³/mol. The number of nitrogens with one attached hydrogen (secondary N) is 1. The van der Waals surface area contributed by atoms with Crippen LogP contribution in [0.1, 0.15) is 12.0 Å². The van der Waals surface area contributed by atoms with Crippen molar-refractivity contribution in [3.63, 3.8) is 0 Å². The van der Waals surface area contributed by atoms with E-state index in [0.29, 0.717) is 0 Å². The summed E-state index contributed by atoms with van der Waals surface area (Å²) in [5.41, 5.74) is 5.57. The third-order valence-corrected chi connectivity index (χ3v) is 4.79. The first kappa shape index (κ1) is 13.5. The number of hydrogen-bond donors (Lipinski definition) is 1. The number of aryl methyl sites for hydroxylation is 1. The Labute approximate surface area is 132 Å². The van der Waals surface area contributed by atoms with E-state index in [4.69, 9.17) is 0 Å². The summed E-state index contributed by atoms with van der Waals surface area (Å²) in [5, 5.41) is 3.49. The Kier molecular flexibility index (Phi) is 3.63. The molecule has 0 amide bonds. The number of anilines is 3. The van der Waals surface area contributed by atoms with Gasteiger partial charge in [0.1, 0.15) is 0 Å². The summed E-state index contributed by atoms with van der Waals surface area (Å²) >= 11 is 0. The Bertz CT molecular complexity index is 595. The molecule has 0 saturated heterocycles. The molecule has 0 spiro atoms. The minimum atomic E-state index is 1.04. The van der Waals surface area contributed by atoms with E-state index in [1.165, 1.54) is 42.0 Å². The molecule has 0 fully saturated rings. The van der Waals surface area contributed by atoms with Gasteiger partial charge in [-0.3, -0.25) is 0 Å². The Morgan fingerprint density at radius 2 is 1.55 bits per heavy atom. The summed E-state index contributed by atoms with van der Waals surface area (Å²) in [4.78, 5) is 5.08. The first-order chi connectivity index (χ1) is 10.9.